The van der Waals surface area contributed by atoms with Crippen molar-refractivity contribution >= 4 is 11.2 Å². The predicted octanol–water partition coefficient (Wildman–Crippen LogP) is 4.70. The van der Waals surface area contributed by atoms with Crippen molar-refractivity contribution in [3.8, 4) is 12.0 Å². The molecule has 0 aromatic carbocycles. The average molecular weight is 418 g/mol. The first-order valence-corrected chi connectivity index (χ1v) is 11.9. The quantitative estimate of drug-likeness (QED) is 0.440. The van der Waals surface area contributed by atoms with E-state index in [0.717, 1.165) is 42.9 Å². The number of rotatable bonds is 13. The number of likely N-dealkylation sites (tertiary alicyclic amines) is 1. The molecule has 1 fully saturated rings. The summed E-state index contributed by atoms with van der Waals surface area (Å²) >= 11 is 0. The molecule has 0 atom stereocenters. The summed E-state index contributed by atoms with van der Waals surface area (Å²) in [6, 6.07) is 1.03. The number of aromatic nitrogens is 4. The molecule has 0 N–H and O–H groups in total. The van der Waals surface area contributed by atoms with E-state index in [4.69, 9.17) is 9.47 Å². The lowest BCUT2D eigenvalue weighted by Crippen LogP contribution is -2.33. The highest BCUT2D eigenvalue weighted by Gasteiger charge is 2.17. The molecule has 0 saturated carbocycles. The number of piperidine rings is 1. The maximum Gasteiger partial charge on any atom is 0.318 e. The molecule has 2 aromatic heterocycles. The average Bonchev–Trinajstić information content (AvgIpc) is 3.13. The van der Waals surface area contributed by atoms with Gasteiger partial charge in [0.1, 0.15) is 5.52 Å². The van der Waals surface area contributed by atoms with Crippen LogP contribution in [0.2, 0.25) is 0 Å². The Hall–Kier alpha value is -1.89. The SMILES string of the molecule is CCCCOc1ncc2nc(OC)n(CCCCCCC3CCN(CC)CC3)c2n1. The van der Waals surface area contributed by atoms with E-state index >= 15 is 0 Å². The number of hydrogen-bond donors (Lipinski definition) is 0. The second-order valence-electron chi connectivity index (χ2n) is 8.39. The molecule has 0 unspecified atom stereocenters. The Morgan fingerprint density at radius 1 is 1.03 bits per heavy atom. The first-order valence-electron chi connectivity index (χ1n) is 11.9. The summed E-state index contributed by atoms with van der Waals surface area (Å²) in [5.74, 6) is 0.938. The lowest BCUT2D eigenvalue weighted by molar-refractivity contribution is 0.184. The van der Waals surface area contributed by atoms with Gasteiger partial charge in [-0.3, -0.25) is 4.57 Å². The summed E-state index contributed by atoms with van der Waals surface area (Å²) in [4.78, 5) is 15.9. The zero-order valence-corrected chi connectivity index (χ0v) is 19.1. The molecular formula is C23H39N5O2. The van der Waals surface area contributed by atoms with Gasteiger partial charge in [0.05, 0.1) is 19.9 Å². The molecule has 3 heterocycles. The second-order valence-corrected chi connectivity index (χ2v) is 8.39. The second kappa shape index (κ2) is 12.1. The van der Waals surface area contributed by atoms with Gasteiger partial charge < -0.3 is 14.4 Å². The number of imidazole rings is 1. The van der Waals surface area contributed by atoms with Crippen LogP contribution in [-0.4, -0.2) is 57.8 Å². The first-order chi connectivity index (χ1) is 14.7. The van der Waals surface area contributed by atoms with Crippen LogP contribution in [-0.2, 0) is 6.54 Å². The molecule has 3 rings (SSSR count). The molecule has 2 aromatic rings. The Balaban J connectivity index is 1.44. The van der Waals surface area contributed by atoms with Crippen LogP contribution in [0.4, 0.5) is 0 Å². The number of fused-ring (bicyclic) bond motifs is 1. The topological polar surface area (TPSA) is 65.3 Å². The molecule has 0 amide bonds. The highest BCUT2D eigenvalue weighted by atomic mass is 16.5. The summed E-state index contributed by atoms with van der Waals surface area (Å²) in [6.07, 6.45) is 12.9. The minimum Gasteiger partial charge on any atom is -0.468 e. The van der Waals surface area contributed by atoms with Crippen LogP contribution in [0.1, 0.15) is 71.6 Å². The van der Waals surface area contributed by atoms with Crippen molar-refractivity contribution in [1.29, 1.82) is 0 Å². The monoisotopic (exact) mass is 417 g/mol. The molecule has 7 nitrogen and oxygen atoms in total. The summed E-state index contributed by atoms with van der Waals surface area (Å²) in [6.45, 7) is 9.70. The van der Waals surface area contributed by atoms with Crippen LogP contribution in [0.15, 0.2) is 6.20 Å². The van der Waals surface area contributed by atoms with Crippen molar-refractivity contribution in [2.45, 2.75) is 78.2 Å². The summed E-state index contributed by atoms with van der Waals surface area (Å²) < 4.78 is 13.2. The van der Waals surface area contributed by atoms with E-state index < -0.39 is 0 Å². The van der Waals surface area contributed by atoms with Gasteiger partial charge in [0.2, 0.25) is 0 Å². The molecule has 0 radical (unpaired) electrons. The third kappa shape index (κ3) is 6.30. The van der Waals surface area contributed by atoms with Gasteiger partial charge in [-0.2, -0.15) is 9.97 Å². The lowest BCUT2D eigenvalue weighted by Gasteiger charge is -2.31. The van der Waals surface area contributed by atoms with E-state index in [1.807, 2.05) is 0 Å². The normalized spacial score (nSPS) is 15.7. The van der Waals surface area contributed by atoms with Crippen molar-refractivity contribution in [3.05, 3.63) is 6.20 Å². The van der Waals surface area contributed by atoms with Gasteiger partial charge in [-0.15, -0.1) is 0 Å². The van der Waals surface area contributed by atoms with E-state index in [-0.39, 0.29) is 0 Å². The fourth-order valence-electron chi connectivity index (χ4n) is 4.26. The van der Waals surface area contributed by atoms with Gasteiger partial charge in [0.25, 0.3) is 6.01 Å². The van der Waals surface area contributed by atoms with Gasteiger partial charge in [-0.1, -0.05) is 46.0 Å². The fraction of sp³-hybridized carbons (Fsp3) is 0.783. The number of nitrogens with zero attached hydrogens (tertiary/aromatic N) is 5. The molecule has 0 spiro atoms. The number of unbranched alkanes of at least 4 members (excludes halogenated alkanes) is 4. The van der Waals surface area contributed by atoms with Crippen molar-refractivity contribution in [1.82, 2.24) is 24.4 Å². The van der Waals surface area contributed by atoms with Gasteiger partial charge in [0, 0.05) is 6.54 Å². The van der Waals surface area contributed by atoms with Crippen molar-refractivity contribution in [2.24, 2.45) is 5.92 Å². The Morgan fingerprint density at radius 2 is 1.83 bits per heavy atom. The Kier molecular flexibility index (Phi) is 9.18. The number of methoxy groups -OCH3 is 1. The number of hydrogen-bond acceptors (Lipinski definition) is 6. The summed E-state index contributed by atoms with van der Waals surface area (Å²) in [5, 5.41) is 0. The number of aryl methyl sites for hydroxylation is 1. The van der Waals surface area contributed by atoms with E-state index in [1.54, 1.807) is 13.3 Å². The molecule has 0 bridgehead atoms. The maximum absolute atomic E-state index is 5.67. The molecule has 1 saturated heterocycles. The molecule has 7 heteroatoms. The minimum absolute atomic E-state index is 0.425. The molecule has 168 valence electrons. The van der Waals surface area contributed by atoms with E-state index in [1.165, 1.54) is 58.2 Å². The van der Waals surface area contributed by atoms with Crippen LogP contribution in [0.25, 0.3) is 11.2 Å². The van der Waals surface area contributed by atoms with Gasteiger partial charge >= 0.3 is 6.01 Å². The molecule has 30 heavy (non-hydrogen) atoms. The standard InChI is InChI=1S/C23H39N5O2/c1-4-6-17-30-22-24-18-20-21(26-22)28(23(25-20)29-3)14-10-8-7-9-11-19-12-15-27(5-2)16-13-19/h18-19H,4-17H2,1-3H3. The van der Waals surface area contributed by atoms with E-state index in [0.29, 0.717) is 18.6 Å². The minimum atomic E-state index is 0.425. The van der Waals surface area contributed by atoms with Crippen LogP contribution in [0.3, 0.4) is 0 Å². The fourth-order valence-corrected chi connectivity index (χ4v) is 4.26. The zero-order valence-electron chi connectivity index (χ0n) is 19.1. The Bertz CT molecular complexity index is 755. The van der Waals surface area contributed by atoms with E-state index in [9.17, 15) is 0 Å². The Labute approximate surface area is 181 Å². The molecular weight excluding hydrogens is 378 g/mol. The third-order valence-corrected chi connectivity index (χ3v) is 6.24. The number of ether oxygens (including phenoxy) is 2. The maximum atomic E-state index is 5.67. The van der Waals surface area contributed by atoms with Crippen LogP contribution in [0.5, 0.6) is 12.0 Å². The van der Waals surface area contributed by atoms with Gasteiger partial charge in [-0.25, -0.2) is 4.98 Å². The summed E-state index contributed by atoms with van der Waals surface area (Å²) in [5.41, 5.74) is 1.56. The highest BCUT2D eigenvalue weighted by molar-refractivity contribution is 5.71. The summed E-state index contributed by atoms with van der Waals surface area (Å²) in [7, 11) is 1.66. The molecule has 1 aliphatic heterocycles. The van der Waals surface area contributed by atoms with Crippen molar-refractivity contribution in [2.75, 3.05) is 33.4 Å². The highest BCUT2D eigenvalue weighted by Crippen LogP contribution is 2.24. The molecule has 0 aliphatic carbocycles. The first kappa shape index (κ1) is 22.8. The van der Waals surface area contributed by atoms with Gasteiger partial charge in [-0.05, 0) is 51.2 Å². The lowest BCUT2D eigenvalue weighted by atomic mass is 9.91. The van der Waals surface area contributed by atoms with Crippen molar-refractivity contribution < 1.29 is 9.47 Å². The molecule has 1 aliphatic rings. The third-order valence-electron chi connectivity index (χ3n) is 6.24. The predicted molar refractivity (Wildman–Crippen MR) is 120 cm³/mol. The van der Waals surface area contributed by atoms with Crippen LogP contribution in [0, 0.1) is 5.92 Å². The van der Waals surface area contributed by atoms with Crippen molar-refractivity contribution in [3.63, 3.8) is 0 Å². The van der Waals surface area contributed by atoms with E-state index in [2.05, 4.69) is 38.3 Å². The largest absolute Gasteiger partial charge is 0.468 e. The van der Waals surface area contributed by atoms with Gasteiger partial charge in [0.15, 0.2) is 5.65 Å². The van der Waals surface area contributed by atoms with Crippen LogP contribution >= 0.6 is 0 Å². The smallest absolute Gasteiger partial charge is 0.318 e. The Morgan fingerprint density at radius 3 is 2.57 bits per heavy atom. The zero-order chi connectivity index (χ0) is 21.2. The van der Waals surface area contributed by atoms with Crippen LogP contribution < -0.4 is 9.47 Å².